The fraction of sp³-hybridized carbons (Fsp3) is 0.375. The summed E-state index contributed by atoms with van der Waals surface area (Å²) < 4.78 is 5.82. The Labute approximate surface area is 124 Å². The molecule has 0 unspecified atom stereocenters. The van der Waals surface area contributed by atoms with E-state index >= 15 is 0 Å². The zero-order valence-corrected chi connectivity index (χ0v) is 12.5. The van der Waals surface area contributed by atoms with Crippen molar-refractivity contribution in [3.63, 3.8) is 0 Å². The first-order valence-electron chi connectivity index (χ1n) is 7.14. The molecule has 1 aromatic heterocycles. The number of nitrogen functional groups attached to an aromatic ring is 1. The van der Waals surface area contributed by atoms with E-state index in [1.165, 1.54) is 0 Å². The third kappa shape index (κ3) is 3.92. The van der Waals surface area contributed by atoms with E-state index in [-0.39, 0.29) is 6.61 Å². The Kier molecular flexibility index (Phi) is 5.11. The van der Waals surface area contributed by atoms with Crippen molar-refractivity contribution in [2.45, 2.75) is 33.1 Å². The van der Waals surface area contributed by atoms with Gasteiger partial charge >= 0.3 is 0 Å². The van der Waals surface area contributed by atoms with Gasteiger partial charge in [-0.25, -0.2) is 4.98 Å². The SMILES string of the molecule is CCCc1nc(N)c(C)c(Oc2ccc(CCO)cc2)n1. The number of aryl methyl sites for hydroxylation is 1. The first kappa shape index (κ1) is 15.3. The lowest BCUT2D eigenvalue weighted by Crippen LogP contribution is -2.05. The molecule has 1 aromatic carbocycles. The van der Waals surface area contributed by atoms with Crippen LogP contribution in [-0.4, -0.2) is 21.7 Å². The molecular formula is C16H21N3O2. The maximum absolute atomic E-state index is 8.91. The van der Waals surface area contributed by atoms with Crippen molar-refractivity contribution in [1.29, 1.82) is 0 Å². The molecule has 2 aromatic rings. The fourth-order valence-corrected chi connectivity index (χ4v) is 1.96. The minimum atomic E-state index is 0.141. The van der Waals surface area contributed by atoms with Crippen molar-refractivity contribution in [2.75, 3.05) is 12.3 Å². The molecule has 5 heteroatoms. The maximum atomic E-state index is 8.91. The van der Waals surface area contributed by atoms with E-state index < -0.39 is 0 Å². The molecule has 0 radical (unpaired) electrons. The summed E-state index contributed by atoms with van der Waals surface area (Å²) in [7, 11) is 0. The number of aromatic nitrogens is 2. The molecule has 2 rings (SSSR count). The highest BCUT2D eigenvalue weighted by molar-refractivity contribution is 5.46. The second-order valence-corrected chi connectivity index (χ2v) is 4.92. The monoisotopic (exact) mass is 287 g/mol. The van der Waals surface area contributed by atoms with Gasteiger partial charge in [0.25, 0.3) is 0 Å². The number of rotatable bonds is 6. The number of hydrogen-bond acceptors (Lipinski definition) is 5. The quantitative estimate of drug-likeness (QED) is 0.853. The third-order valence-corrected chi connectivity index (χ3v) is 3.20. The number of nitrogens with zero attached hydrogens (tertiary/aromatic N) is 2. The molecule has 0 aliphatic heterocycles. The van der Waals surface area contributed by atoms with Crippen LogP contribution in [0.3, 0.4) is 0 Å². The predicted octanol–water partition coefficient (Wildman–Crippen LogP) is 2.65. The molecule has 0 aliphatic carbocycles. The summed E-state index contributed by atoms with van der Waals surface area (Å²) in [5.74, 6) is 2.36. The summed E-state index contributed by atoms with van der Waals surface area (Å²) in [5, 5.41) is 8.91. The average molecular weight is 287 g/mol. The number of nitrogens with two attached hydrogens (primary N) is 1. The summed E-state index contributed by atoms with van der Waals surface area (Å²) in [6, 6.07) is 7.58. The Morgan fingerprint density at radius 2 is 1.86 bits per heavy atom. The van der Waals surface area contributed by atoms with Crippen molar-refractivity contribution in [2.24, 2.45) is 0 Å². The zero-order valence-electron chi connectivity index (χ0n) is 12.5. The van der Waals surface area contributed by atoms with Gasteiger partial charge in [-0.05, 0) is 37.5 Å². The number of ether oxygens (including phenoxy) is 1. The molecule has 0 spiro atoms. The molecule has 0 fully saturated rings. The molecule has 5 nitrogen and oxygen atoms in total. The molecule has 0 aliphatic rings. The summed E-state index contributed by atoms with van der Waals surface area (Å²) in [6.45, 7) is 4.06. The largest absolute Gasteiger partial charge is 0.439 e. The van der Waals surface area contributed by atoms with Crippen molar-refractivity contribution in [3.05, 3.63) is 41.2 Å². The van der Waals surface area contributed by atoms with E-state index in [9.17, 15) is 0 Å². The zero-order chi connectivity index (χ0) is 15.2. The van der Waals surface area contributed by atoms with Gasteiger partial charge in [0, 0.05) is 13.0 Å². The Morgan fingerprint density at radius 3 is 2.48 bits per heavy atom. The smallest absolute Gasteiger partial charge is 0.227 e. The number of hydrogen-bond donors (Lipinski definition) is 2. The van der Waals surface area contributed by atoms with Gasteiger partial charge < -0.3 is 15.6 Å². The Morgan fingerprint density at radius 1 is 1.14 bits per heavy atom. The lowest BCUT2D eigenvalue weighted by atomic mass is 10.1. The molecule has 21 heavy (non-hydrogen) atoms. The third-order valence-electron chi connectivity index (χ3n) is 3.20. The van der Waals surface area contributed by atoms with E-state index in [0.29, 0.717) is 29.7 Å². The van der Waals surface area contributed by atoms with Crippen LogP contribution in [0.4, 0.5) is 5.82 Å². The van der Waals surface area contributed by atoms with Crippen LogP contribution in [0.1, 0.15) is 30.3 Å². The number of benzene rings is 1. The molecular weight excluding hydrogens is 266 g/mol. The lowest BCUT2D eigenvalue weighted by molar-refractivity contribution is 0.299. The minimum absolute atomic E-state index is 0.141. The first-order valence-corrected chi connectivity index (χ1v) is 7.14. The van der Waals surface area contributed by atoms with Crippen LogP contribution in [0, 0.1) is 6.92 Å². The van der Waals surface area contributed by atoms with Crippen molar-refractivity contribution < 1.29 is 9.84 Å². The molecule has 0 saturated carbocycles. The van der Waals surface area contributed by atoms with E-state index in [4.69, 9.17) is 15.6 Å². The minimum Gasteiger partial charge on any atom is -0.439 e. The van der Waals surface area contributed by atoms with Crippen LogP contribution in [0.5, 0.6) is 11.6 Å². The molecule has 0 saturated heterocycles. The standard InChI is InChI=1S/C16H21N3O2/c1-3-4-14-18-15(17)11(2)16(19-14)21-13-7-5-12(6-8-13)9-10-20/h5-8,20H,3-4,9-10H2,1-2H3,(H2,17,18,19). The summed E-state index contributed by atoms with van der Waals surface area (Å²) in [6.07, 6.45) is 2.37. The molecule has 1 heterocycles. The van der Waals surface area contributed by atoms with E-state index in [1.54, 1.807) is 0 Å². The summed E-state index contributed by atoms with van der Waals surface area (Å²) in [5.41, 5.74) is 7.72. The van der Waals surface area contributed by atoms with Crippen LogP contribution in [-0.2, 0) is 12.8 Å². The second kappa shape index (κ2) is 7.04. The van der Waals surface area contributed by atoms with Crippen molar-refractivity contribution in [3.8, 4) is 11.6 Å². The maximum Gasteiger partial charge on any atom is 0.227 e. The number of anilines is 1. The van der Waals surface area contributed by atoms with Crippen LogP contribution in [0.25, 0.3) is 0 Å². The van der Waals surface area contributed by atoms with Gasteiger partial charge in [0.2, 0.25) is 5.88 Å². The summed E-state index contributed by atoms with van der Waals surface area (Å²) in [4.78, 5) is 8.69. The second-order valence-electron chi connectivity index (χ2n) is 4.92. The molecule has 0 amide bonds. The highest BCUT2D eigenvalue weighted by Crippen LogP contribution is 2.26. The van der Waals surface area contributed by atoms with E-state index in [0.717, 1.165) is 24.0 Å². The van der Waals surface area contributed by atoms with Crippen molar-refractivity contribution >= 4 is 5.82 Å². The van der Waals surface area contributed by atoms with Crippen LogP contribution in [0.15, 0.2) is 24.3 Å². The molecule has 0 atom stereocenters. The van der Waals surface area contributed by atoms with Gasteiger partial charge in [0.1, 0.15) is 17.4 Å². The molecule has 3 N–H and O–H groups in total. The van der Waals surface area contributed by atoms with Gasteiger partial charge in [-0.2, -0.15) is 4.98 Å². The Hall–Kier alpha value is -2.14. The van der Waals surface area contributed by atoms with E-state index in [2.05, 4.69) is 16.9 Å². The van der Waals surface area contributed by atoms with Crippen LogP contribution < -0.4 is 10.5 Å². The lowest BCUT2D eigenvalue weighted by Gasteiger charge is -2.11. The molecule has 112 valence electrons. The normalized spacial score (nSPS) is 10.6. The number of aliphatic hydroxyl groups is 1. The number of aliphatic hydroxyl groups excluding tert-OH is 1. The van der Waals surface area contributed by atoms with Crippen LogP contribution in [0.2, 0.25) is 0 Å². The fourth-order valence-electron chi connectivity index (χ4n) is 1.96. The molecule has 0 bridgehead atoms. The van der Waals surface area contributed by atoms with Crippen molar-refractivity contribution in [1.82, 2.24) is 9.97 Å². The Bertz CT molecular complexity index is 597. The van der Waals surface area contributed by atoms with Gasteiger partial charge in [0.05, 0.1) is 5.56 Å². The topological polar surface area (TPSA) is 81.3 Å². The highest BCUT2D eigenvalue weighted by atomic mass is 16.5. The average Bonchev–Trinajstić information content (AvgIpc) is 2.47. The summed E-state index contributed by atoms with van der Waals surface area (Å²) >= 11 is 0. The first-order chi connectivity index (χ1) is 10.1. The van der Waals surface area contributed by atoms with Gasteiger partial charge in [-0.15, -0.1) is 0 Å². The van der Waals surface area contributed by atoms with E-state index in [1.807, 2.05) is 31.2 Å². The Balaban J connectivity index is 2.21. The van der Waals surface area contributed by atoms with Gasteiger partial charge in [0.15, 0.2) is 0 Å². The highest BCUT2D eigenvalue weighted by Gasteiger charge is 2.10. The predicted molar refractivity (Wildman–Crippen MR) is 82.5 cm³/mol. The van der Waals surface area contributed by atoms with Gasteiger partial charge in [-0.3, -0.25) is 0 Å². The van der Waals surface area contributed by atoms with Gasteiger partial charge in [-0.1, -0.05) is 19.1 Å². The van der Waals surface area contributed by atoms with Crippen LogP contribution >= 0.6 is 0 Å².